The fourth-order valence-corrected chi connectivity index (χ4v) is 9.62. The number of nitrogens with zero attached hydrogens (tertiary/aromatic N) is 1. The van der Waals surface area contributed by atoms with E-state index in [1.54, 1.807) is 16.4 Å². The molecule has 3 aromatic rings. The van der Waals surface area contributed by atoms with Gasteiger partial charge in [0.25, 0.3) is 0 Å². The van der Waals surface area contributed by atoms with Crippen molar-refractivity contribution >= 4 is 34.9 Å². The van der Waals surface area contributed by atoms with E-state index < -0.39 is 18.1 Å². The Hall–Kier alpha value is -1.92. The third kappa shape index (κ3) is 4.86. The molecule has 0 amide bonds. The monoisotopic (exact) mass is 483 g/mol. The van der Waals surface area contributed by atoms with Gasteiger partial charge in [-0.15, -0.1) is 0 Å². The van der Waals surface area contributed by atoms with Crippen molar-refractivity contribution < 1.29 is 8.42 Å². The van der Waals surface area contributed by atoms with Gasteiger partial charge in [-0.05, 0) is 55.1 Å². The van der Waals surface area contributed by atoms with Crippen LogP contribution in [0.5, 0.6) is 0 Å². The second kappa shape index (κ2) is 9.14. The molecule has 0 N–H and O–H groups in total. The number of hydrogen-bond acceptors (Lipinski definition) is 2. The topological polar surface area (TPSA) is 37.4 Å². The van der Waals surface area contributed by atoms with Gasteiger partial charge in [0.1, 0.15) is 0 Å². The fourth-order valence-electron chi connectivity index (χ4n) is 4.78. The zero-order chi connectivity index (χ0) is 22.9. The summed E-state index contributed by atoms with van der Waals surface area (Å²) in [5.41, 5.74) is 2.21. The summed E-state index contributed by atoms with van der Waals surface area (Å²) in [5, 5.41) is 2.06. The van der Waals surface area contributed by atoms with Gasteiger partial charge in [0.05, 0.1) is 13.0 Å². The Balaban J connectivity index is 1.68. The van der Waals surface area contributed by atoms with E-state index in [1.807, 2.05) is 49.4 Å². The third-order valence-electron chi connectivity index (χ3n) is 6.63. The van der Waals surface area contributed by atoms with Crippen molar-refractivity contribution in [2.24, 2.45) is 0 Å². The van der Waals surface area contributed by atoms with Gasteiger partial charge in [0.15, 0.2) is 0 Å². The fraction of sp³-hybridized carbons (Fsp3) is 0.308. The molecular weight excluding hydrogens is 454 g/mol. The standard InChI is InChI=1S/C26H30ClNO2SSi/c1-20-9-15-25(16-10-20)31(29,30)28-18-22(21-11-13-23(27)14-12-21)17-24(28)19-32(2,3)26-7-5-4-6-8-26/h4-16,22,24H,17-19H2,1-3H3/t22-,24+/m1/s1. The van der Waals surface area contributed by atoms with Crippen LogP contribution in [0.15, 0.2) is 83.8 Å². The third-order valence-corrected chi connectivity index (χ3v) is 12.2. The van der Waals surface area contributed by atoms with Gasteiger partial charge in [-0.1, -0.05) is 90.0 Å². The van der Waals surface area contributed by atoms with Crippen LogP contribution in [0.3, 0.4) is 0 Å². The van der Waals surface area contributed by atoms with Crippen LogP contribution in [-0.4, -0.2) is 33.4 Å². The minimum atomic E-state index is -3.58. The van der Waals surface area contributed by atoms with Crippen molar-refractivity contribution in [2.45, 2.75) is 49.3 Å². The van der Waals surface area contributed by atoms with Crippen molar-refractivity contribution in [3.63, 3.8) is 0 Å². The molecule has 3 aromatic carbocycles. The van der Waals surface area contributed by atoms with Crippen LogP contribution in [0.1, 0.15) is 23.5 Å². The Morgan fingerprint density at radius 2 is 1.56 bits per heavy atom. The summed E-state index contributed by atoms with van der Waals surface area (Å²) in [6.45, 7) is 7.16. The lowest BCUT2D eigenvalue weighted by molar-refractivity contribution is 0.405. The van der Waals surface area contributed by atoms with E-state index in [9.17, 15) is 8.42 Å². The highest BCUT2D eigenvalue weighted by atomic mass is 35.5. The highest BCUT2D eigenvalue weighted by Gasteiger charge is 2.43. The summed E-state index contributed by atoms with van der Waals surface area (Å²) < 4.78 is 29.2. The van der Waals surface area contributed by atoms with Crippen molar-refractivity contribution in [1.82, 2.24) is 4.31 Å². The molecule has 6 heteroatoms. The van der Waals surface area contributed by atoms with Crippen molar-refractivity contribution in [2.75, 3.05) is 6.54 Å². The van der Waals surface area contributed by atoms with Crippen molar-refractivity contribution in [3.8, 4) is 0 Å². The molecule has 0 radical (unpaired) electrons. The van der Waals surface area contributed by atoms with E-state index in [0.717, 1.165) is 23.6 Å². The molecule has 32 heavy (non-hydrogen) atoms. The van der Waals surface area contributed by atoms with Gasteiger partial charge in [0.2, 0.25) is 10.0 Å². The molecule has 1 aliphatic heterocycles. The zero-order valence-electron chi connectivity index (χ0n) is 18.8. The second-order valence-corrected chi connectivity index (χ2v) is 16.6. The normalized spacial score (nSPS) is 19.9. The van der Waals surface area contributed by atoms with Gasteiger partial charge in [-0.2, -0.15) is 4.31 Å². The van der Waals surface area contributed by atoms with Crippen LogP contribution in [0, 0.1) is 6.92 Å². The van der Waals surface area contributed by atoms with Crippen LogP contribution in [0.4, 0.5) is 0 Å². The molecule has 4 rings (SSSR count). The van der Waals surface area contributed by atoms with E-state index in [1.165, 1.54) is 5.19 Å². The van der Waals surface area contributed by atoms with Crippen LogP contribution < -0.4 is 5.19 Å². The predicted octanol–water partition coefficient (Wildman–Crippen LogP) is 5.81. The lowest BCUT2D eigenvalue weighted by atomic mass is 9.97. The molecule has 3 nitrogen and oxygen atoms in total. The number of halogens is 1. The maximum absolute atomic E-state index is 13.7. The van der Waals surface area contributed by atoms with E-state index in [4.69, 9.17) is 11.6 Å². The average Bonchev–Trinajstić information content (AvgIpc) is 3.19. The van der Waals surface area contributed by atoms with Gasteiger partial charge in [-0.25, -0.2) is 8.42 Å². The Morgan fingerprint density at radius 3 is 2.19 bits per heavy atom. The second-order valence-electron chi connectivity index (χ2n) is 9.48. The first kappa shape index (κ1) is 23.2. The summed E-state index contributed by atoms with van der Waals surface area (Å²) in [5.74, 6) is 0.165. The smallest absolute Gasteiger partial charge is 0.207 e. The quantitative estimate of drug-likeness (QED) is 0.415. The van der Waals surface area contributed by atoms with Crippen molar-refractivity contribution in [3.05, 3.63) is 95.0 Å². The molecule has 0 spiro atoms. The van der Waals surface area contributed by atoms with E-state index in [2.05, 4.69) is 37.4 Å². The molecule has 0 aromatic heterocycles. The highest BCUT2D eigenvalue weighted by molar-refractivity contribution is 7.89. The minimum absolute atomic E-state index is 0.0242. The predicted molar refractivity (Wildman–Crippen MR) is 136 cm³/mol. The largest absolute Gasteiger partial charge is 0.243 e. The first-order valence-corrected chi connectivity index (χ1v) is 16.1. The number of sulfonamides is 1. The lowest BCUT2D eigenvalue weighted by Crippen LogP contribution is -2.47. The molecule has 1 heterocycles. The molecule has 168 valence electrons. The molecule has 0 bridgehead atoms. The number of benzene rings is 3. The SMILES string of the molecule is Cc1ccc(S(=O)(=O)N2C[C@H](c3ccc(Cl)cc3)C[C@H]2C[Si](C)(C)c2ccccc2)cc1. The van der Waals surface area contributed by atoms with Gasteiger partial charge in [0, 0.05) is 17.6 Å². The molecule has 0 unspecified atom stereocenters. The van der Waals surface area contributed by atoms with E-state index >= 15 is 0 Å². The molecule has 1 aliphatic rings. The lowest BCUT2D eigenvalue weighted by Gasteiger charge is -2.31. The Bertz CT molecular complexity index is 1160. The first-order chi connectivity index (χ1) is 15.2. The summed E-state index contributed by atoms with van der Waals surface area (Å²) in [6.07, 6.45) is 0.829. The van der Waals surface area contributed by atoms with Gasteiger partial charge >= 0.3 is 0 Å². The van der Waals surface area contributed by atoms with Crippen LogP contribution in [0.25, 0.3) is 0 Å². The molecule has 0 saturated carbocycles. The van der Waals surface area contributed by atoms with Crippen LogP contribution in [-0.2, 0) is 10.0 Å². The zero-order valence-corrected chi connectivity index (χ0v) is 21.4. The number of hydrogen-bond donors (Lipinski definition) is 0. The molecule has 1 fully saturated rings. The molecule has 0 aliphatic carbocycles. The Kier molecular flexibility index (Phi) is 6.64. The Morgan fingerprint density at radius 1 is 0.938 bits per heavy atom. The van der Waals surface area contributed by atoms with Gasteiger partial charge < -0.3 is 0 Å². The molecular formula is C26H30ClNO2SSi. The number of aryl methyl sites for hydroxylation is 1. The van der Waals surface area contributed by atoms with E-state index in [-0.39, 0.29) is 12.0 Å². The molecule has 2 atom stereocenters. The van der Waals surface area contributed by atoms with Crippen LogP contribution in [0.2, 0.25) is 24.2 Å². The summed E-state index contributed by atoms with van der Waals surface area (Å²) in [4.78, 5) is 0.379. The van der Waals surface area contributed by atoms with Crippen LogP contribution >= 0.6 is 11.6 Å². The maximum Gasteiger partial charge on any atom is 0.243 e. The van der Waals surface area contributed by atoms with Crippen molar-refractivity contribution in [1.29, 1.82) is 0 Å². The highest BCUT2D eigenvalue weighted by Crippen LogP contribution is 2.39. The maximum atomic E-state index is 13.7. The van der Waals surface area contributed by atoms with E-state index in [0.29, 0.717) is 16.5 Å². The average molecular weight is 484 g/mol. The molecule has 1 saturated heterocycles. The summed E-state index contributed by atoms with van der Waals surface area (Å²) in [6, 6.07) is 26.5. The number of rotatable bonds is 6. The summed E-state index contributed by atoms with van der Waals surface area (Å²) in [7, 11) is -5.42. The minimum Gasteiger partial charge on any atom is -0.207 e. The summed E-state index contributed by atoms with van der Waals surface area (Å²) >= 11 is 6.10. The first-order valence-electron chi connectivity index (χ1n) is 11.1. The van der Waals surface area contributed by atoms with Gasteiger partial charge in [-0.3, -0.25) is 0 Å². The Labute approximate surface area is 198 Å².